The Hall–Kier alpha value is -4.16. The van der Waals surface area contributed by atoms with Gasteiger partial charge < -0.3 is 0 Å². The molecule has 0 unspecified atom stereocenters. The van der Waals surface area contributed by atoms with E-state index in [0.717, 1.165) is 19.3 Å². The SMILES string of the molecule is C1=CC2=C(C1)C(c1ccccc1)(c1ccccc1)C1=C(CC=C1)C21c2ccccc2Cc2ccccc21. The first-order chi connectivity index (χ1) is 18.4. The van der Waals surface area contributed by atoms with E-state index in [0.29, 0.717) is 0 Å². The Kier molecular flexibility index (Phi) is 4.35. The Balaban J connectivity index is 1.57. The summed E-state index contributed by atoms with van der Waals surface area (Å²) in [6, 6.07) is 40.9. The molecule has 1 spiro atoms. The minimum atomic E-state index is -0.295. The lowest BCUT2D eigenvalue weighted by Gasteiger charge is -2.52. The third-order valence-electron chi connectivity index (χ3n) is 9.21. The number of hydrogen-bond acceptors (Lipinski definition) is 0. The zero-order valence-electron chi connectivity index (χ0n) is 20.8. The Bertz CT molecular complexity index is 1590. The van der Waals surface area contributed by atoms with Gasteiger partial charge in [0.1, 0.15) is 0 Å². The maximum Gasteiger partial charge on any atom is 0.0676 e. The van der Waals surface area contributed by atoms with E-state index in [2.05, 4.69) is 133 Å². The molecule has 0 atom stereocenters. The predicted molar refractivity (Wildman–Crippen MR) is 152 cm³/mol. The number of hydrogen-bond donors (Lipinski definition) is 0. The van der Waals surface area contributed by atoms with E-state index in [4.69, 9.17) is 0 Å². The first-order valence-corrected chi connectivity index (χ1v) is 13.5. The lowest BCUT2D eigenvalue weighted by molar-refractivity contribution is 0.582. The molecule has 0 saturated carbocycles. The van der Waals surface area contributed by atoms with E-state index in [1.54, 1.807) is 5.57 Å². The van der Waals surface area contributed by atoms with Crippen molar-refractivity contribution >= 4 is 0 Å². The van der Waals surface area contributed by atoms with Gasteiger partial charge in [-0.1, -0.05) is 133 Å². The largest absolute Gasteiger partial charge is 0.0801 e. The Morgan fingerprint density at radius 1 is 0.432 bits per heavy atom. The van der Waals surface area contributed by atoms with E-state index in [1.807, 2.05) is 0 Å². The van der Waals surface area contributed by atoms with Gasteiger partial charge >= 0.3 is 0 Å². The standard InChI is InChI=1S/C37H28/c1-3-15-28(16-4-1)36(29-17-5-2-6-18-29)32-21-11-23-34(32)37(35-24-12-22-33(35)36)30-19-9-7-13-26(30)25-27-14-8-10-20-31(27)37/h1-21,24H,22-23,25H2. The molecule has 0 heterocycles. The first kappa shape index (κ1) is 21.0. The van der Waals surface area contributed by atoms with Crippen molar-refractivity contribution in [3.63, 3.8) is 0 Å². The number of benzene rings is 4. The first-order valence-electron chi connectivity index (χ1n) is 13.5. The van der Waals surface area contributed by atoms with Crippen LogP contribution in [0.25, 0.3) is 0 Å². The summed E-state index contributed by atoms with van der Waals surface area (Å²) in [6.45, 7) is 0. The highest BCUT2D eigenvalue weighted by molar-refractivity contribution is 5.79. The molecule has 0 radical (unpaired) electrons. The fourth-order valence-electron chi connectivity index (χ4n) is 8.00. The molecule has 0 saturated heterocycles. The molecule has 0 aliphatic heterocycles. The van der Waals surface area contributed by atoms with Gasteiger partial charge in [-0.25, -0.2) is 0 Å². The molecule has 4 aliphatic rings. The summed E-state index contributed by atoms with van der Waals surface area (Å²) in [5, 5.41) is 0. The average Bonchev–Trinajstić information content (AvgIpc) is 3.66. The molecule has 4 aromatic carbocycles. The molecule has 0 aromatic heterocycles. The fourth-order valence-corrected chi connectivity index (χ4v) is 8.00. The van der Waals surface area contributed by atoms with Crippen molar-refractivity contribution in [1.82, 2.24) is 0 Å². The third-order valence-corrected chi connectivity index (χ3v) is 9.21. The molecule has 4 aromatic rings. The van der Waals surface area contributed by atoms with Crippen LogP contribution in [-0.2, 0) is 17.3 Å². The lowest BCUT2D eigenvalue weighted by atomic mass is 9.49. The summed E-state index contributed by atoms with van der Waals surface area (Å²) in [4.78, 5) is 0. The molecule has 0 heteroatoms. The van der Waals surface area contributed by atoms with E-state index >= 15 is 0 Å². The van der Waals surface area contributed by atoms with Gasteiger partial charge in [-0.05, 0) is 74.9 Å². The number of rotatable bonds is 2. The van der Waals surface area contributed by atoms with Crippen molar-refractivity contribution in [1.29, 1.82) is 0 Å². The summed E-state index contributed by atoms with van der Waals surface area (Å²) in [5.74, 6) is 0. The van der Waals surface area contributed by atoms with Crippen LogP contribution in [0.3, 0.4) is 0 Å². The monoisotopic (exact) mass is 472 g/mol. The average molecular weight is 473 g/mol. The quantitative estimate of drug-likeness (QED) is 0.275. The summed E-state index contributed by atoms with van der Waals surface area (Å²) in [7, 11) is 0. The topological polar surface area (TPSA) is 0 Å². The van der Waals surface area contributed by atoms with Crippen LogP contribution in [-0.4, -0.2) is 0 Å². The van der Waals surface area contributed by atoms with Crippen LogP contribution in [0, 0.1) is 0 Å². The van der Waals surface area contributed by atoms with Crippen molar-refractivity contribution in [2.45, 2.75) is 30.1 Å². The highest BCUT2D eigenvalue weighted by Crippen LogP contribution is 2.65. The highest BCUT2D eigenvalue weighted by atomic mass is 14.6. The van der Waals surface area contributed by atoms with Crippen molar-refractivity contribution in [3.8, 4) is 0 Å². The maximum atomic E-state index is 2.47. The van der Waals surface area contributed by atoms with Gasteiger partial charge in [0.05, 0.1) is 10.8 Å². The van der Waals surface area contributed by atoms with Crippen molar-refractivity contribution in [3.05, 3.63) is 189 Å². The number of allylic oxidation sites excluding steroid dienone is 8. The van der Waals surface area contributed by atoms with Gasteiger partial charge in [0.25, 0.3) is 0 Å². The van der Waals surface area contributed by atoms with E-state index in [9.17, 15) is 0 Å². The molecular weight excluding hydrogens is 444 g/mol. The maximum absolute atomic E-state index is 2.47. The second kappa shape index (κ2) is 7.67. The minimum absolute atomic E-state index is 0.250. The zero-order valence-corrected chi connectivity index (χ0v) is 20.8. The van der Waals surface area contributed by atoms with E-state index in [1.165, 1.54) is 50.1 Å². The van der Waals surface area contributed by atoms with Gasteiger partial charge in [0.2, 0.25) is 0 Å². The Morgan fingerprint density at radius 3 is 1.41 bits per heavy atom. The van der Waals surface area contributed by atoms with Gasteiger partial charge in [-0.15, -0.1) is 0 Å². The molecule has 0 amide bonds. The van der Waals surface area contributed by atoms with Gasteiger partial charge in [-0.2, -0.15) is 0 Å². The predicted octanol–water partition coefficient (Wildman–Crippen LogP) is 8.39. The molecule has 0 N–H and O–H groups in total. The van der Waals surface area contributed by atoms with Gasteiger partial charge in [0, 0.05) is 0 Å². The second-order valence-corrected chi connectivity index (χ2v) is 10.7. The highest BCUT2D eigenvalue weighted by Gasteiger charge is 2.57. The molecule has 176 valence electrons. The molecule has 0 bridgehead atoms. The lowest BCUT2D eigenvalue weighted by Crippen LogP contribution is -2.46. The smallest absolute Gasteiger partial charge is 0.0676 e. The molecule has 8 rings (SSSR count). The normalized spacial score (nSPS) is 19.6. The fraction of sp³-hybridized carbons (Fsp3) is 0.135. The molecule has 0 nitrogen and oxygen atoms in total. The van der Waals surface area contributed by atoms with Crippen molar-refractivity contribution < 1.29 is 0 Å². The Morgan fingerprint density at radius 2 is 0.865 bits per heavy atom. The number of fused-ring (bicyclic) bond motifs is 6. The van der Waals surface area contributed by atoms with Crippen LogP contribution in [0.15, 0.2) is 156 Å². The van der Waals surface area contributed by atoms with Crippen molar-refractivity contribution in [2.75, 3.05) is 0 Å². The Labute approximate surface area is 219 Å². The van der Waals surface area contributed by atoms with Crippen LogP contribution in [0.2, 0.25) is 0 Å². The van der Waals surface area contributed by atoms with Crippen LogP contribution < -0.4 is 0 Å². The van der Waals surface area contributed by atoms with Gasteiger partial charge in [-0.3, -0.25) is 0 Å². The molecule has 4 aliphatic carbocycles. The summed E-state index contributed by atoms with van der Waals surface area (Å²) in [6.07, 6.45) is 12.7. The summed E-state index contributed by atoms with van der Waals surface area (Å²) >= 11 is 0. The zero-order chi connectivity index (χ0) is 24.5. The van der Waals surface area contributed by atoms with Crippen LogP contribution in [0.4, 0.5) is 0 Å². The van der Waals surface area contributed by atoms with Crippen LogP contribution in [0.1, 0.15) is 46.2 Å². The van der Waals surface area contributed by atoms with Crippen molar-refractivity contribution in [2.24, 2.45) is 0 Å². The minimum Gasteiger partial charge on any atom is -0.0801 e. The third kappa shape index (κ3) is 2.53. The summed E-state index contributed by atoms with van der Waals surface area (Å²) < 4.78 is 0. The molecular formula is C37H28. The van der Waals surface area contributed by atoms with E-state index < -0.39 is 0 Å². The summed E-state index contributed by atoms with van der Waals surface area (Å²) in [5.41, 5.74) is 14.1. The molecule has 37 heavy (non-hydrogen) atoms. The van der Waals surface area contributed by atoms with Gasteiger partial charge in [0.15, 0.2) is 0 Å². The molecule has 0 fully saturated rings. The van der Waals surface area contributed by atoms with Crippen LogP contribution in [0.5, 0.6) is 0 Å². The second-order valence-electron chi connectivity index (χ2n) is 10.7. The van der Waals surface area contributed by atoms with E-state index in [-0.39, 0.29) is 10.8 Å². The van der Waals surface area contributed by atoms with Crippen LogP contribution >= 0.6 is 0 Å².